The second kappa shape index (κ2) is 17.3. The maximum absolute atomic E-state index is 12.9. The van der Waals surface area contributed by atoms with Gasteiger partial charge in [-0.2, -0.15) is 0 Å². The molecule has 1 heterocycles. The van der Waals surface area contributed by atoms with Crippen LogP contribution < -0.4 is 16.4 Å². The smallest absolute Gasteiger partial charge is 0.404 e. The Kier molecular flexibility index (Phi) is 14.9. The number of carbonyl (C=O) groups is 4. The Morgan fingerprint density at radius 2 is 1.85 bits per heavy atom. The maximum Gasteiger partial charge on any atom is 0.404 e. The fraction of sp³-hybridized carbons (Fsp3) is 0.484. The van der Waals surface area contributed by atoms with Crippen LogP contribution >= 0.6 is 11.6 Å². The van der Waals surface area contributed by atoms with Crippen LogP contribution in [0.25, 0.3) is 0 Å². The summed E-state index contributed by atoms with van der Waals surface area (Å²) in [5, 5.41) is 5.99. The van der Waals surface area contributed by atoms with Gasteiger partial charge in [-0.25, -0.2) is 9.59 Å². The van der Waals surface area contributed by atoms with E-state index in [1.807, 2.05) is 52.8 Å². The van der Waals surface area contributed by atoms with Crippen LogP contribution in [0.1, 0.15) is 67.7 Å². The average molecular weight is 590 g/mol. The minimum atomic E-state index is -0.897. The van der Waals surface area contributed by atoms with E-state index < -0.39 is 35.5 Å². The third-order valence-electron chi connectivity index (χ3n) is 6.17. The van der Waals surface area contributed by atoms with E-state index in [0.29, 0.717) is 29.9 Å². The molecule has 0 saturated carbocycles. The van der Waals surface area contributed by atoms with Crippen molar-refractivity contribution in [2.24, 2.45) is 17.1 Å². The highest BCUT2D eigenvalue weighted by molar-refractivity contribution is 6.29. The van der Waals surface area contributed by atoms with Gasteiger partial charge < -0.3 is 25.8 Å². The van der Waals surface area contributed by atoms with Gasteiger partial charge in [-0.3, -0.25) is 9.59 Å². The number of carbonyl (C=O) groups excluding carboxylic acids is 4. The minimum Gasteiger partial charge on any atom is -0.458 e. The Hall–Kier alpha value is -3.59. The molecule has 226 valence electrons. The fourth-order valence-corrected chi connectivity index (χ4v) is 3.95. The number of primary amides is 1. The minimum absolute atomic E-state index is 0.0357. The first kappa shape index (κ1) is 35.4. The lowest BCUT2D eigenvalue weighted by Crippen LogP contribution is -2.52. The number of allylic oxidation sites excluding steroid dienone is 5. The molecule has 0 aliphatic carbocycles. The number of rotatable bonds is 13. The van der Waals surface area contributed by atoms with Gasteiger partial charge in [-0.05, 0) is 32.4 Å². The number of hydrogen-bond acceptors (Lipinski definition) is 6. The Morgan fingerprint density at radius 3 is 2.44 bits per heavy atom. The highest BCUT2D eigenvalue weighted by Gasteiger charge is 2.32. The normalized spacial score (nSPS) is 19.1. The number of amides is 3. The van der Waals surface area contributed by atoms with Gasteiger partial charge in [-0.15, -0.1) is 0 Å². The third kappa shape index (κ3) is 14.6. The van der Waals surface area contributed by atoms with E-state index in [-0.39, 0.29) is 18.0 Å². The van der Waals surface area contributed by atoms with Crippen molar-refractivity contribution in [1.82, 2.24) is 10.6 Å². The van der Waals surface area contributed by atoms with Crippen molar-refractivity contribution in [1.29, 1.82) is 0 Å². The molecule has 0 aromatic carbocycles. The van der Waals surface area contributed by atoms with E-state index in [9.17, 15) is 19.2 Å². The molecule has 10 heteroatoms. The highest BCUT2D eigenvalue weighted by Crippen LogP contribution is 2.22. The van der Waals surface area contributed by atoms with Crippen LogP contribution in [-0.4, -0.2) is 42.1 Å². The number of cyclic esters (lactones) is 1. The number of esters is 1. The van der Waals surface area contributed by atoms with Crippen LogP contribution in [0.5, 0.6) is 0 Å². The summed E-state index contributed by atoms with van der Waals surface area (Å²) < 4.78 is 10.5. The van der Waals surface area contributed by atoms with Gasteiger partial charge in [0, 0.05) is 41.9 Å². The van der Waals surface area contributed by atoms with Crippen molar-refractivity contribution >= 4 is 35.5 Å². The molecule has 1 aliphatic rings. The summed E-state index contributed by atoms with van der Waals surface area (Å²) in [4.78, 5) is 48.3. The van der Waals surface area contributed by atoms with E-state index in [0.717, 1.165) is 5.57 Å². The Labute approximate surface area is 248 Å². The second-order valence-corrected chi connectivity index (χ2v) is 11.7. The first-order valence-electron chi connectivity index (χ1n) is 13.5. The van der Waals surface area contributed by atoms with Crippen LogP contribution in [0.2, 0.25) is 0 Å². The Morgan fingerprint density at radius 1 is 1.20 bits per heavy atom. The first-order chi connectivity index (χ1) is 19.1. The summed E-state index contributed by atoms with van der Waals surface area (Å²) >= 11 is 5.84. The lowest BCUT2D eigenvalue weighted by molar-refractivity contribution is -0.147. The van der Waals surface area contributed by atoms with Gasteiger partial charge in [0.1, 0.15) is 18.2 Å². The number of halogens is 1. The monoisotopic (exact) mass is 589 g/mol. The van der Waals surface area contributed by atoms with Crippen LogP contribution in [0.15, 0.2) is 71.0 Å². The van der Waals surface area contributed by atoms with Gasteiger partial charge >= 0.3 is 12.1 Å². The molecule has 0 unspecified atom stereocenters. The Balaban J connectivity index is 2.70. The molecule has 0 spiro atoms. The zero-order valence-electron chi connectivity index (χ0n) is 25.0. The largest absolute Gasteiger partial charge is 0.458 e. The molecule has 3 amide bonds. The molecule has 0 aromatic rings. The summed E-state index contributed by atoms with van der Waals surface area (Å²) in [5.74, 6) is -1.06. The van der Waals surface area contributed by atoms with E-state index in [1.165, 1.54) is 12.3 Å². The van der Waals surface area contributed by atoms with Crippen molar-refractivity contribution in [2.75, 3.05) is 0 Å². The molecule has 4 atom stereocenters. The standard InChI is InChI=1S/C31H44ClN3O6/c1-20(19-22(3)25-17-14-21(2)29(38)41-25)11-8-9-13-26(36)35-27(31(5,6)7)28(37)34-18-10-12-24(40-30(33)39)16-15-23(4)32/h8-11,13-15,18-19,22,24-25,27H,12,16-17H2,1-7H3,(H2,33,39)(H,34,37)(H,35,36)/b11-8-,13-9-,18-10-,20-19+,23-15+/t22-,24+,25-,27+/m0/s1. The molecular formula is C31H44ClN3O6. The zero-order chi connectivity index (χ0) is 31.2. The quantitative estimate of drug-likeness (QED) is 0.148. The molecular weight excluding hydrogens is 546 g/mol. The maximum atomic E-state index is 12.9. The molecule has 0 radical (unpaired) electrons. The van der Waals surface area contributed by atoms with Crippen molar-refractivity contribution in [3.8, 4) is 0 Å². The van der Waals surface area contributed by atoms with E-state index >= 15 is 0 Å². The molecule has 0 saturated heterocycles. The van der Waals surface area contributed by atoms with Crippen LogP contribution in [0.4, 0.5) is 4.79 Å². The predicted molar refractivity (Wildman–Crippen MR) is 161 cm³/mol. The van der Waals surface area contributed by atoms with E-state index in [2.05, 4.69) is 10.6 Å². The number of hydrogen-bond donors (Lipinski definition) is 3. The average Bonchev–Trinajstić information content (AvgIpc) is 2.86. The topological polar surface area (TPSA) is 137 Å². The van der Waals surface area contributed by atoms with E-state index in [1.54, 1.807) is 38.2 Å². The van der Waals surface area contributed by atoms with E-state index in [4.69, 9.17) is 26.8 Å². The zero-order valence-corrected chi connectivity index (χ0v) is 25.8. The molecule has 0 aromatic heterocycles. The molecule has 4 N–H and O–H groups in total. The van der Waals surface area contributed by atoms with Gasteiger partial charge in [0.15, 0.2) is 0 Å². The first-order valence-corrected chi connectivity index (χ1v) is 13.9. The highest BCUT2D eigenvalue weighted by atomic mass is 35.5. The molecule has 0 fully saturated rings. The van der Waals surface area contributed by atoms with Crippen LogP contribution in [-0.2, 0) is 23.9 Å². The number of nitrogens with two attached hydrogens (primary N) is 1. The van der Waals surface area contributed by atoms with Gasteiger partial charge in [0.05, 0.1) is 0 Å². The fourth-order valence-electron chi connectivity index (χ4n) is 3.87. The molecule has 9 nitrogen and oxygen atoms in total. The lowest BCUT2D eigenvalue weighted by Gasteiger charge is -2.29. The van der Waals surface area contributed by atoms with Crippen molar-refractivity contribution < 1.29 is 28.7 Å². The Bertz CT molecular complexity index is 1120. The molecule has 41 heavy (non-hydrogen) atoms. The summed E-state index contributed by atoms with van der Waals surface area (Å²) in [7, 11) is 0. The predicted octanol–water partition coefficient (Wildman–Crippen LogP) is 5.49. The summed E-state index contributed by atoms with van der Waals surface area (Å²) in [6.07, 6.45) is 15.0. The lowest BCUT2D eigenvalue weighted by atomic mass is 9.86. The number of ether oxygens (including phenoxy) is 2. The summed E-state index contributed by atoms with van der Waals surface area (Å²) in [5.41, 5.74) is 6.15. The third-order valence-corrected chi connectivity index (χ3v) is 6.32. The van der Waals surface area contributed by atoms with Crippen molar-refractivity contribution in [3.05, 3.63) is 71.0 Å². The van der Waals surface area contributed by atoms with Crippen molar-refractivity contribution in [3.63, 3.8) is 0 Å². The summed E-state index contributed by atoms with van der Waals surface area (Å²) in [6, 6.07) is -0.814. The van der Waals surface area contributed by atoms with Gasteiger partial charge in [0.2, 0.25) is 11.8 Å². The molecule has 0 bridgehead atoms. The van der Waals surface area contributed by atoms with Gasteiger partial charge in [0.25, 0.3) is 0 Å². The van der Waals surface area contributed by atoms with Crippen LogP contribution in [0, 0.1) is 11.3 Å². The van der Waals surface area contributed by atoms with Crippen LogP contribution in [0.3, 0.4) is 0 Å². The van der Waals surface area contributed by atoms with Crippen molar-refractivity contribution in [2.45, 2.75) is 86.0 Å². The molecule has 1 aliphatic heterocycles. The number of nitrogens with one attached hydrogen (secondary N) is 2. The SMILES string of the molecule is CC1=CC[C@@H]([C@@H](C)/C=C(C)/C=C\C=C/C(=O)N[C@H](C(=O)N/C=C\C[C@H](C/C=C(\C)Cl)OC(N)=O)C(C)(C)C)OC1=O. The van der Waals surface area contributed by atoms with Gasteiger partial charge in [-0.1, -0.05) is 87.4 Å². The summed E-state index contributed by atoms with van der Waals surface area (Å²) in [6.45, 7) is 12.9. The second-order valence-electron chi connectivity index (χ2n) is 11.1. The molecule has 1 rings (SSSR count).